The summed E-state index contributed by atoms with van der Waals surface area (Å²) in [7, 11) is 0. The summed E-state index contributed by atoms with van der Waals surface area (Å²) >= 11 is 11.6. The monoisotopic (exact) mass is 372 g/mol. The Labute approximate surface area is 159 Å². The van der Waals surface area contributed by atoms with E-state index in [2.05, 4.69) is 28.9 Å². The summed E-state index contributed by atoms with van der Waals surface area (Å²) < 4.78 is 6.01. The van der Waals surface area contributed by atoms with Gasteiger partial charge in [-0.2, -0.15) is 0 Å². The first-order chi connectivity index (χ1) is 11.7. The average molecular weight is 373 g/mol. The van der Waals surface area contributed by atoms with Crippen LogP contribution in [0.5, 0.6) is 5.75 Å². The molecule has 2 N–H and O–H groups in total. The average Bonchev–Trinajstić information content (AvgIpc) is 2.52. The Morgan fingerprint density at radius 1 is 1.12 bits per heavy atom. The predicted molar refractivity (Wildman–Crippen MR) is 111 cm³/mol. The second kappa shape index (κ2) is 6.70. The van der Waals surface area contributed by atoms with Crippen LogP contribution in [0.1, 0.15) is 30.5 Å². The van der Waals surface area contributed by atoms with E-state index in [1.165, 1.54) is 0 Å². The van der Waals surface area contributed by atoms with Crippen molar-refractivity contribution in [2.45, 2.75) is 33.3 Å². The predicted octanol–water partition coefficient (Wildman–Crippen LogP) is 5.95. The van der Waals surface area contributed by atoms with Crippen LogP contribution >= 0.6 is 23.8 Å². The van der Waals surface area contributed by atoms with Gasteiger partial charge in [0.05, 0.1) is 0 Å². The fourth-order valence-corrected chi connectivity index (χ4v) is 3.07. The molecule has 25 heavy (non-hydrogen) atoms. The summed E-state index contributed by atoms with van der Waals surface area (Å²) in [6.07, 6.45) is 4.14. The third-order valence-electron chi connectivity index (χ3n) is 4.16. The summed E-state index contributed by atoms with van der Waals surface area (Å²) in [6, 6.07) is 9.80. The fraction of sp³-hybridized carbons (Fsp3) is 0.250. The lowest BCUT2D eigenvalue weighted by Gasteiger charge is -2.28. The lowest BCUT2D eigenvalue weighted by atomic mass is 10.0. The fourth-order valence-electron chi connectivity index (χ4n) is 2.68. The third kappa shape index (κ3) is 3.97. The number of anilines is 2. The molecule has 2 aromatic carbocycles. The maximum atomic E-state index is 6.16. The normalized spacial score (nSPS) is 14.4. The Hall–Kier alpha value is -2.04. The third-order valence-corrected chi connectivity index (χ3v) is 4.77. The highest BCUT2D eigenvalue weighted by Gasteiger charge is 2.22. The Morgan fingerprint density at radius 2 is 1.84 bits per heavy atom. The smallest absolute Gasteiger partial charge is 0.175 e. The first-order valence-electron chi connectivity index (χ1n) is 8.11. The number of thiocarbonyl (C=S) groups is 1. The van der Waals surface area contributed by atoms with Crippen molar-refractivity contribution in [3.63, 3.8) is 0 Å². The number of rotatable bonds is 2. The molecule has 0 saturated carbocycles. The molecule has 0 aromatic heterocycles. The number of fused-ring (bicyclic) bond motifs is 1. The molecule has 0 unspecified atom stereocenters. The molecule has 1 heterocycles. The first kappa shape index (κ1) is 17.8. The molecule has 3 rings (SSSR count). The zero-order chi connectivity index (χ0) is 18.2. The molecule has 1 aliphatic rings. The summed E-state index contributed by atoms with van der Waals surface area (Å²) in [5.74, 6) is 0.889. The van der Waals surface area contributed by atoms with Crippen molar-refractivity contribution in [3.05, 3.63) is 58.1 Å². The molecule has 0 saturated heterocycles. The van der Waals surface area contributed by atoms with Gasteiger partial charge in [-0.3, -0.25) is 0 Å². The highest BCUT2D eigenvalue weighted by atomic mass is 35.5. The molecule has 0 aliphatic carbocycles. The van der Waals surface area contributed by atoms with E-state index in [9.17, 15) is 0 Å². The number of aryl methyl sites for hydroxylation is 1. The van der Waals surface area contributed by atoms with Crippen LogP contribution < -0.4 is 15.4 Å². The van der Waals surface area contributed by atoms with E-state index in [1.807, 2.05) is 52.0 Å². The van der Waals surface area contributed by atoms with Gasteiger partial charge in [-0.1, -0.05) is 23.7 Å². The Bertz CT molecular complexity index is 874. The minimum atomic E-state index is -0.282. The molecule has 0 radical (unpaired) electrons. The quantitative estimate of drug-likeness (QED) is 0.638. The maximum Gasteiger partial charge on any atom is 0.175 e. The van der Waals surface area contributed by atoms with Crippen LogP contribution in [-0.4, -0.2) is 10.7 Å². The number of halogens is 1. The number of benzene rings is 2. The molecule has 1 aliphatic heterocycles. The van der Waals surface area contributed by atoms with E-state index in [-0.39, 0.29) is 5.60 Å². The Balaban J connectivity index is 1.79. The number of ether oxygens (including phenoxy) is 1. The molecule has 0 atom stereocenters. The molecule has 2 aromatic rings. The zero-order valence-corrected chi connectivity index (χ0v) is 16.3. The van der Waals surface area contributed by atoms with Gasteiger partial charge in [0.2, 0.25) is 0 Å². The second-order valence-corrected chi connectivity index (χ2v) is 7.55. The van der Waals surface area contributed by atoms with Gasteiger partial charge in [0.15, 0.2) is 5.11 Å². The SMILES string of the molecule is Cc1cc2c(cc1NC(=S)Nc1cccc(Cl)c1C)C=CC(C)(C)O2. The van der Waals surface area contributed by atoms with Gasteiger partial charge in [0, 0.05) is 22.0 Å². The summed E-state index contributed by atoms with van der Waals surface area (Å²) in [4.78, 5) is 0. The first-order valence-corrected chi connectivity index (χ1v) is 8.90. The Morgan fingerprint density at radius 3 is 2.60 bits per heavy atom. The van der Waals surface area contributed by atoms with Crippen LogP contribution in [0, 0.1) is 13.8 Å². The van der Waals surface area contributed by atoms with Crippen LogP contribution in [0.4, 0.5) is 11.4 Å². The summed E-state index contributed by atoms with van der Waals surface area (Å²) in [5.41, 5.74) is 4.63. The minimum Gasteiger partial charge on any atom is -0.483 e. The van der Waals surface area contributed by atoms with Gasteiger partial charge in [-0.05, 0) is 81.4 Å². The van der Waals surface area contributed by atoms with Crippen molar-refractivity contribution >= 4 is 46.4 Å². The van der Waals surface area contributed by atoms with Crippen LogP contribution in [0.15, 0.2) is 36.4 Å². The van der Waals surface area contributed by atoms with Gasteiger partial charge in [0.25, 0.3) is 0 Å². The molecule has 0 amide bonds. The van der Waals surface area contributed by atoms with E-state index in [1.54, 1.807) is 0 Å². The van der Waals surface area contributed by atoms with Crippen LogP contribution in [0.2, 0.25) is 5.02 Å². The van der Waals surface area contributed by atoms with Gasteiger partial charge in [-0.25, -0.2) is 0 Å². The van der Waals surface area contributed by atoms with Crippen LogP contribution in [0.3, 0.4) is 0 Å². The van der Waals surface area contributed by atoms with Gasteiger partial charge in [-0.15, -0.1) is 0 Å². The van der Waals surface area contributed by atoms with Crippen molar-refractivity contribution in [2.24, 2.45) is 0 Å². The largest absolute Gasteiger partial charge is 0.483 e. The number of hydrogen-bond donors (Lipinski definition) is 2. The Kier molecular flexibility index (Phi) is 4.76. The number of nitrogens with one attached hydrogen (secondary N) is 2. The molecule has 0 spiro atoms. The van der Waals surface area contributed by atoms with Crippen molar-refractivity contribution < 1.29 is 4.74 Å². The van der Waals surface area contributed by atoms with Crippen molar-refractivity contribution in [1.29, 1.82) is 0 Å². The van der Waals surface area contributed by atoms with E-state index in [0.29, 0.717) is 10.1 Å². The number of hydrogen-bond acceptors (Lipinski definition) is 2. The minimum absolute atomic E-state index is 0.282. The van der Waals surface area contributed by atoms with E-state index >= 15 is 0 Å². The molecular weight excluding hydrogens is 352 g/mol. The topological polar surface area (TPSA) is 33.3 Å². The molecular formula is C20H21ClN2OS. The van der Waals surface area contributed by atoms with E-state index < -0.39 is 0 Å². The van der Waals surface area contributed by atoms with Gasteiger partial charge < -0.3 is 15.4 Å². The zero-order valence-electron chi connectivity index (χ0n) is 14.7. The molecule has 0 fully saturated rings. The summed E-state index contributed by atoms with van der Waals surface area (Å²) in [5, 5.41) is 7.70. The van der Waals surface area contributed by atoms with Crippen molar-refractivity contribution in [3.8, 4) is 5.75 Å². The van der Waals surface area contributed by atoms with Gasteiger partial charge >= 0.3 is 0 Å². The maximum absolute atomic E-state index is 6.16. The lowest BCUT2D eigenvalue weighted by molar-refractivity contribution is 0.159. The van der Waals surface area contributed by atoms with Crippen LogP contribution in [0.25, 0.3) is 6.08 Å². The van der Waals surface area contributed by atoms with Crippen LogP contribution in [-0.2, 0) is 0 Å². The standard InChI is InChI=1S/C20H21ClN2OS/c1-12-10-18-14(8-9-20(3,4)24-18)11-17(12)23-19(25)22-16-7-5-6-15(21)13(16)2/h5-11H,1-4H3,(H2,22,23,25). The molecule has 5 heteroatoms. The van der Waals surface area contributed by atoms with Gasteiger partial charge in [0.1, 0.15) is 11.4 Å². The lowest BCUT2D eigenvalue weighted by Crippen LogP contribution is -2.27. The summed E-state index contributed by atoms with van der Waals surface area (Å²) in [6.45, 7) is 8.08. The highest BCUT2D eigenvalue weighted by molar-refractivity contribution is 7.80. The highest BCUT2D eigenvalue weighted by Crippen LogP contribution is 2.34. The molecule has 3 nitrogen and oxygen atoms in total. The molecule has 0 bridgehead atoms. The second-order valence-electron chi connectivity index (χ2n) is 6.74. The van der Waals surface area contributed by atoms with Crippen molar-refractivity contribution in [1.82, 2.24) is 0 Å². The van der Waals surface area contributed by atoms with Crippen molar-refractivity contribution in [2.75, 3.05) is 10.6 Å². The van der Waals surface area contributed by atoms with E-state index in [0.717, 1.165) is 33.8 Å². The molecule has 130 valence electrons. The van der Waals surface area contributed by atoms with E-state index in [4.69, 9.17) is 28.6 Å².